The fraction of sp³-hybridized carbons (Fsp3) is 0.467. The quantitative estimate of drug-likeness (QED) is 0.450. The lowest BCUT2D eigenvalue weighted by atomic mass is 9.77. The van der Waals surface area contributed by atoms with Crippen molar-refractivity contribution in [3.8, 4) is 11.4 Å². The smallest absolute Gasteiger partial charge is 0.410 e. The van der Waals surface area contributed by atoms with Crippen LogP contribution in [0.5, 0.6) is 0 Å². The van der Waals surface area contributed by atoms with E-state index in [-0.39, 0.29) is 29.7 Å². The summed E-state index contributed by atoms with van der Waals surface area (Å²) in [5, 5.41) is 11.8. The van der Waals surface area contributed by atoms with Gasteiger partial charge in [0.1, 0.15) is 29.1 Å². The molecule has 1 N–H and O–H groups in total. The van der Waals surface area contributed by atoms with Crippen molar-refractivity contribution in [3.63, 3.8) is 0 Å². The number of aliphatic imine (C=N–C) groups is 1. The van der Waals surface area contributed by atoms with Gasteiger partial charge in [-0.25, -0.2) is 18.6 Å². The third kappa shape index (κ3) is 5.75. The molecule has 6 rings (SSSR count). The Labute approximate surface area is 243 Å². The number of piperidine rings is 1. The van der Waals surface area contributed by atoms with Gasteiger partial charge in [0.05, 0.1) is 12.2 Å². The van der Waals surface area contributed by atoms with Gasteiger partial charge in [-0.2, -0.15) is 5.10 Å². The molecule has 1 amide bonds. The molecule has 3 aliphatic heterocycles. The Morgan fingerprint density at radius 3 is 2.62 bits per heavy atom. The molecule has 1 spiro atoms. The Bertz CT molecular complexity index is 1500. The molecule has 2 aromatic heterocycles. The first-order valence-corrected chi connectivity index (χ1v) is 14.2. The summed E-state index contributed by atoms with van der Waals surface area (Å²) in [6, 6.07) is 10.0. The molecule has 1 atom stereocenters. The Hall–Kier alpha value is -4.22. The van der Waals surface area contributed by atoms with Gasteiger partial charge in [-0.1, -0.05) is 23.4 Å². The van der Waals surface area contributed by atoms with Crippen LogP contribution in [0.3, 0.4) is 0 Å². The minimum absolute atomic E-state index is 0.00153. The molecule has 222 valence electrons. The lowest BCUT2D eigenvalue weighted by molar-refractivity contribution is 0.0257. The largest absolute Gasteiger partial charge is 0.444 e. The molecule has 1 unspecified atom stereocenters. The van der Waals surface area contributed by atoms with Crippen LogP contribution in [0.25, 0.3) is 11.4 Å². The van der Waals surface area contributed by atoms with E-state index in [4.69, 9.17) is 19.4 Å². The van der Waals surface area contributed by atoms with E-state index >= 15 is 4.39 Å². The highest BCUT2D eigenvalue weighted by Gasteiger charge is 2.44. The topological polar surface area (TPSA) is 101 Å². The van der Waals surface area contributed by atoms with Crippen molar-refractivity contribution in [1.82, 2.24) is 30.1 Å². The van der Waals surface area contributed by atoms with Gasteiger partial charge in [-0.15, -0.1) is 0 Å². The van der Waals surface area contributed by atoms with Crippen LogP contribution >= 0.6 is 0 Å². The van der Waals surface area contributed by atoms with Crippen molar-refractivity contribution in [3.05, 3.63) is 71.8 Å². The average molecular weight is 580 g/mol. The Morgan fingerprint density at radius 2 is 1.90 bits per heavy atom. The van der Waals surface area contributed by atoms with Gasteiger partial charge in [0.25, 0.3) is 0 Å². The molecule has 42 heavy (non-hydrogen) atoms. The van der Waals surface area contributed by atoms with Gasteiger partial charge in [0.2, 0.25) is 0 Å². The number of amidine groups is 1. The highest BCUT2D eigenvalue weighted by Crippen LogP contribution is 2.41. The molecule has 5 heterocycles. The second-order valence-electron chi connectivity index (χ2n) is 12.2. The summed E-state index contributed by atoms with van der Waals surface area (Å²) in [5.74, 6) is -0.491. The van der Waals surface area contributed by atoms with Crippen molar-refractivity contribution >= 4 is 11.9 Å². The van der Waals surface area contributed by atoms with E-state index in [0.717, 1.165) is 19.3 Å². The minimum Gasteiger partial charge on any atom is -0.444 e. The maximum atomic E-state index is 15.1. The predicted octanol–water partition coefficient (Wildman–Crippen LogP) is 5.26. The SMILES string of the molecule is CC(C)(C)OC(=O)N1CCC2(CCN(C3=NC(c4cc(-c5ccon5)n(Cc5ccccc5F)n4)NC=C3F)CC2)C1. The summed E-state index contributed by atoms with van der Waals surface area (Å²) in [6.07, 6.45) is 4.41. The lowest BCUT2D eigenvalue weighted by Crippen LogP contribution is -2.46. The summed E-state index contributed by atoms with van der Waals surface area (Å²) in [4.78, 5) is 21.1. The van der Waals surface area contributed by atoms with E-state index in [1.54, 1.807) is 33.8 Å². The molecule has 3 aromatic rings. The van der Waals surface area contributed by atoms with Crippen LogP contribution in [-0.4, -0.2) is 68.4 Å². The molecule has 0 aliphatic carbocycles. The van der Waals surface area contributed by atoms with Gasteiger partial charge >= 0.3 is 6.09 Å². The number of amides is 1. The molecule has 2 fully saturated rings. The molecule has 12 heteroatoms. The molecular weight excluding hydrogens is 544 g/mol. The number of rotatable bonds is 4. The normalized spacial score (nSPS) is 20.4. The van der Waals surface area contributed by atoms with Crippen LogP contribution < -0.4 is 5.32 Å². The molecule has 0 radical (unpaired) electrons. The number of nitrogens with one attached hydrogen (secondary N) is 1. The number of halogens is 2. The second-order valence-corrected chi connectivity index (χ2v) is 12.2. The van der Waals surface area contributed by atoms with Crippen LogP contribution in [0.1, 0.15) is 57.5 Å². The fourth-order valence-electron chi connectivity index (χ4n) is 5.87. The van der Waals surface area contributed by atoms with Gasteiger partial charge in [-0.05, 0) is 57.6 Å². The number of hydrogen-bond donors (Lipinski definition) is 1. The summed E-state index contributed by atoms with van der Waals surface area (Å²) in [6.45, 7) is 8.35. The molecular formula is C30H35F2N7O3. The van der Waals surface area contributed by atoms with Crippen molar-refractivity contribution in [2.75, 3.05) is 26.2 Å². The van der Waals surface area contributed by atoms with Crippen LogP contribution in [0.15, 0.2) is 64.2 Å². The van der Waals surface area contributed by atoms with E-state index < -0.39 is 17.6 Å². The van der Waals surface area contributed by atoms with Crippen LogP contribution in [0, 0.1) is 11.2 Å². The fourth-order valence-corrected chi connectivity index (χ4v) is 5.87. The van der Waals surface area contributed by atoms with Crippen molar-refractivity contribution < 1.29 is 22.8 Å². The third-order valence-electron chi connectivity index (χ3n) is 8.10. The van der Waals surface area contributed by atoms with Gasteiger partial charge in [0, 0.05) is 44.0 Å². The van der Waals surface area contributed by atoms with Crippen molar-refractivity contribution in [2.24, 2.45) is 10.4 Å². The first-order chi connectivity index (χ1) is 20.1. The molecule has 10 nitrogen and oxygen atoms in total. The monoisotopic (exact) mass is 579 g/mol. The molecule has 2 saturated heterocycles. The number of carbonyl (C=O) groups excluding carboxylic acids is 1. The first-order valence-electron chi connectivity index (χ1n) is 14.2. The summed E-state index contributed by atoms with van der Waals surface area (Å²) < 4.78 is 41.8. The second kappa shape index (κ2) is 10.9. The zero-order chi connectivity index (χ0) is 29.5. The highest BCUT2D eigenvalue weighted by atomic mass is 19.1. The van der Waals surface area contributed by atoms with E-state index in [0.29, 0.717) is 48.8 Å². The lowest BCUT2D eigenvalue weighted by Gasteiger charge is -2.41. The molecule has 0 saturated carbocycles. The van der Waals surface area contributed by atoms with Crippen LogP contribution in [-0.2, 0) is 11.3 Å². The van der Waals surface area contributed by atoms with E-state index in [1.807, 2.05) is 31.7 Å². The Kier molecular flexibility index (Phi) is 7.24. The van der Waals surface area contributed by atoms with Crippen LogP contribution in [0.2, 0.25) is 0 Å². The van der Waals surface area contributed by atoms with E-state index in [2.05, 4.69) is 10.5 Å². The number of hydrogen-bond acceptors (Lipinski definition) is 8. The zero-order valence-electron chi connectivity index (χ0n) is 24.0. The van der Waals surface area contributed by atoms with Crippen molar-refractivity contribution in [1.29, 1.82) is 0 Å². The van der Waals surface area contributed by atoms with Gasteiger partial charge < -0.3 is 24.4 Å². The van der Waals surface area contributed by atoms with Crippen LogP contribution in [0.4, 0.5) is 13.6 Å². The summed E-state index contributed by atoms with van der Waals surface area (Å²) in [5.41, 5.74) is 1.66. The maximum absolute atomic E-state index is 15.1. The molecule has 1 aromatic carbocycles. The summed E-state index contributed by atoms with van der Waals surface area (Å²) in [7, 11) is 0. The number of aromatic nitrogens is 3. The van der Waals surface area contributed by atoms with Gasteiger partial charge in [0.15, 0.2) is 17.8 Å². The number of nitrogens with zero attached hydrogens (tertiary/aromatic N) is 6. The Morgan fingerprint density at radius 1 is 1.14 bits per heavy atom. The maximum Gasteiger partial charge on any atom is 0.410 e. The predicted molar refractivity (Wildman–Crippen MR) is 151 cm³/mol. The number of carbonyl (C=O) groups is 1. The van der Waals surface area contributed by atoms with Gasteiger partial charge in [-0.3, -0.25) is 4.68 Å². The molecule has 0 bridgehead atoms. The number of ether oxygens (including phenoxy) is 1. The Balaban J connectivity index is 1.18. The van der Waals surface area contributed by atoms with E-state index in [9.17, 15) is 9.18 Å². The molecule has 3 aliphatic rings. The number of benzene rings is 1. The third-order valence-corrected chi connectivity index (χ3v) is 8.10. The summed E-state index contributed by atoms with van der Waals surface area (Å²) >= 11 is 0. The highest BCUT2D eigenvalue weighted by molar-refractivity contribution is 5.97. The van der Waals surface area contributed by atoms with Crippen molar-refractivity contribution in [2.45, 2.75) is 58.3 Å². The average Bonchev–Trinajstić information content (AvgIpc) is 3.71. The standard InChI is InChI=1S/C30H35F2N7O3/c1-29(2,3)42-28(40)38-14-11-30(19-38)9-12-37(13-10-30)27-22(32)17-33-26(34-27)24-16-25(23-8-15-41-36-23)39(35-24)18-20-6-4-5-7-21(20)31/h4-8,15-17,26,33H,9-14,18-19H2,1-3H3. The van der Waals surface area contributed by atoms with E-state index in [1.165, 1.54) is 18.5 Å². The first kappa shape index (κ1) is 27.9. The number of likely N-dealkylation sites (tertiary alicyclic amines) is 2. The zero-order valence-corrected chi connectivity index (χ0v) is 24.0. The minimum atomic E-state index is -0.642.